The number of nitrogens with zero attached hydrogens (tertiary/aromatic N) is 2. The second-order valence-electron chi connectivity index (χ2n) is 4.43. The highest BCUT2D eigenvalue weighted by atomic mass is 35.5. The Morgan fingerprint density at radius 2 is 2.25 bits per heavy atom. The molecule has 16 heavy (non-hydrogen) atoms. The van der Waals surface area contributed by atoms with Gasteiger partial charge in [0.2, 0.25) is 0 Å². The first-order chi connectivity index (χ1) is 7.75. The van der Waals surface area contributed by atoms with Crippen LogP contribution in [0.4, 0.5) is 5.69 Å². The highest BCUT2D eigenvalue weighted by Gasteiger charge is 2.37. The zero-order valence-electron chi connectivity index (χ0n) is 8.79. The summed E-state index contributed by atoms with van der Waals surface area (Å²) in [4.78, 5) is 6.50. The summed E-state index contributed by atoms with van der Waals surface area (Å²) in [5.74, 6) is 0.773. The molecular formula is C11H13Cl2N3. The van der Waals surface area contributed by atoms with E-state index < -0.39 is 0 Å². The zero-order chi connectivity index (χ0) is 11.1. The van der Waals surface area contributed by atoms with Gasteiger partial charge < -0.3 is 10.2 Å². The van der Waals surface area contributed by atoms with Crippen LogP contribution in [-0.4, -0.2) is 30.7 Å². The summed E-state index contributed by atoms with van der Waals surface area (Å²) in [6.07, 6.45) is 3.06. The second-order valence-corrected chi connectivity index (χ2v) is 5.20. The van der Waals surface area contributed by atoms with Crippen LogP contribution in [-0.2, 0) is 0 Å². The number of hydrogen-bond acceptors (Lipinski definition) is 3. The van der Waals surface area contributed by atoms with Crippen molar-refractivity contribution in [2.24, 2.45) is 5.92 Å². The summed E-state index contributed by atoms with van der Waals surface area (Å²) < 4.78 is 0. The van der Waals surface area contributed by atoms with E-state index in [0.717, 1.165) is 31.2 Å². The lowest BCUT2D eigenvalue weighted by Gasteiger charge is -2.25. The van der Waals surface area contributed by atoms with Crippen LogP contribution in [0.5, 0.6) is 0 Å². The molecule has 0 aromatic carbocycles. The fourth-order valence-electron chi connectivity index (χ4n) is 2.74. The fraction of sp³-hybridized carbons (Fsp3) is 0.545. The summed E-state index contributed by atoms with van der Waals surface area (Å²) >= 11 is 11.8. The second kappa shape index (κ2) is 4.06. The molecule has 86 valence electrons. The molecule has 1 N–H and O–H groups in total. The van der Waals surface area contributed by atoms with Crippen molar-refractivity contribution in [1.82, 2.24) is 10.3 Å². The first-order valence-corrected chi connectivity index (χ1v) is 6.29. The van der Waals surface area contributed by atoms with Gasteiger partial charge in [-0.05, 0) is 18.4 Å². The smallest absolute Gasteiger partial charge is 0.147 e. The highest BCUT2D eigenvalue weighted by Crippen LogP contribution is 2.33. The summed E-state index contributed by atoms with van der Waals surface area (Å²) in [6, 6.07) is 2.51. The standard InChI is InChI=1S/C11H13Cl2N3/c12-9-3-8(5-15-11(9)13)16-2-1-7-4-14-6-10(7)16/h3,5,7,10,14H,1-2,4,6H2/t7-,10+/m0/s1. The first kappa shape index (κ1) is 10.6. The predicted molar refractivity (Wildman–Crippen MR) is 66.4 cm³/mol. The third-order valence-electron chi connectivity index (χ3n) is 3.56. The minimum Gasteiger partial charge on any atom is -0.366 e. The van der Waals surface area contributed by atoms with Crippen LogP contribution < -0.4 is 10.2 Å². The van der Waals surface area contributed by atoms with Crippen LogP contribution in [0, 0.1) is 5.92 Å². The third kappa shape index (κ3) is 1.67. The van der Waals surface area contributed by atoms with E-state index in [1.54, 1.807) is 0 Å². The molecule has 0 saturated carbocycles. The number of rotatable bonds is 1. The minimum atomic E-state index is 0.380. The Bertz CT molecular complexity index is 410. The average Bonchev–Trinajstić information content (AvgIpc) is 2.83. The minimum absolute atomic E-state index is 0.380. The van der Waals surface area contributed by atoms with Crippen LogP contribution in [0.25, 0.3) is 0 Å². The molecule has 0 spiro atoms. The lowest BCUT2D eigenvalue weighted by atomic mass is 10.1. The summed E-state index contributed by atoms with van der Waals surface area (Å²) in [7, 11) is 0. The maximum absolute atomic E-state index is 6.00. The Hall–Kier alpha value is -0.510. The van der Waals surface area contributed by atoms with E-state index in [2.05, 4.69) is 15.2 Å². The summed E-state index contributed by atoms with van der Waals surface area (Å²) in [5, 5.41) is 4.34. The molecule has 2 fully saturated rings. The number of hydrogen-bond donors (Lipinski definition) is 1. The maximum atomic E-state index is 6.00. The molecule has 1 aromatic rings. The Balaban J connectivity index is 1.89. The van der Waals surface area contributed by atoms with Gasteiger partial charge in [0, 0.05) is 25.7 Å². The maximum Gasteiger partial charge on any atom is 0.147 e. The van der Waals surface area contributed by atoms with Gasteiger partial charge in [-0.15, -0.1) is 0 Å². The molecule has 0 bridgehead atoms. The Labute approximate surface area is 105 Å². The number of fused-ring (bicyclic) bond motifs is 1. The van der Waals surface area contributed by atoms with Gasteiger partial charge in [0.15, 0.2) is 0 Å². The third-order valence-corrected chi connectivity index (χ3v) is 4.24. The molecule has 0 radical (unpaired) electrons. The fourth-order valence-corrected chi connectivity index (χ4v) is 3.00. The predicted octanol–water partition coefficient (Wildman–Crippen LogP) is 2.19. The Morgan fingerprint density at radius 3 is 3.06 bits per heavy atom. The number of anilines is 1. The highest BCUT2D eigenvalue weighted by molar-refractivity contribution is 6.41. The van der Waals surface area contributed by atoms with Gasteiger partial charge in [-0.25, -0.2) is 4.98 Å². The number of halogens is 2. The first-order valence-electron chi connectivity index (χ1n) is 5.54. The summed E-state index contributed by atoms with van der Waals surface area (Å²) in [6.45, 7) is 3.29. The molecule has 0 amide bonds. The quantitative estimate of drug-likeness (QED) is 0.782. The summed E-state index contributed by atoms with van der Waals surface area (Å²) in [5.41, 5.74) is 1.09. The molecular weight excluding hydrogens is 245 g/mol. The van der Waals surface area contributed by atoms with Gasteiger partial charge in [-0.2, -0.15) is 0 Å². The monoisotopic (exact) mass is 257 g/mol. The van der Waals surface area contributed by atoms with Crippen molar-refractivity contribution in [3.8, 4) is 0 Å². The van der Waals surface area contributed by atoms with Crippen LogP contribution >= 0.6 is 23.2 Å². The molecule has 0 unspecified atom stereocenters. The van der Waals surface area contributed by atoms with Crippen molar-refractivity contribution in [3.05, 3.63) is 22.4 Å². The van der Waals surface area contributed by atoms with Crippen molar-refractivity contribution in [1.29, 1.82) is 0 Å². The van der Waals surface area contributed by atoms with E-state index in [4.69, 9.17) is 23.2 Å². The molecule has 3 heterocycles. The normalized spacial score (nSPS) is 28.5. The van der Waals surface area contributed by atoms with Crippen LogP contribution in [0.2, 0.25) is 10.2 Å². The van der Waals surface area contributed by atoms with Crippen molar-refractivity contribution in [3.63, 3.8) is 0 Å². The number of aromatic nitrogens is 1. The SMILES string of the molecule is Clc1cc(N2CC[C@H]3CNC[C@H]32)cnc1Cl. The van der Waals surface area contributed by atoms with E-state index >= 15 is 0 Å². The molecule has 2 aliphatic rings. The van der Waals surface area contributed by atoms with Gasteiger partial charge in [-0.1, -0.05) is 23.2 Å². The number of pyridine rings is 1. The van der Waals surface area contributed by atoms with Gasteiger partial charge in [0.25, 0.3) is 0 Å². The van der Waals surface area contributed by atoms with Crippen molar-refractivity contribution < 1.29 is 0 Å². The lowest BCUT2D eigenvalue weighted by Crippen LogP contribution is -2.34. The van der Waals surface area contributed by atoms with Gasteiger partial charge in [0.1, 0.15) is 5.15 Å². The largest absolute Gasteiger partial charge is 0.366 e. The van der Waals surface area contributed by atoms with E-state index in [0.29, 0.717) is 16.2 Å². The molecule has 2 saturated heterocycles. The zero-order valence-corrected chi connectivity index (χ0v) is 10.3. The van der Waals surface area contributed by atoms with Crippen molar-refractivity contribution in [2.45, 2.75) is 12.5 Å². The van der Waals surface area contributed by atoms with E-state index in [9.17, 15) is 0 Å². The topological polar surface area (TPSA) is 28.2 Å². The Kier molecular flexibility index (Phi) is 2.70. The molecule has 1 aromatic heterocycles. The van der Waals surface area contributed by atoms with Crippen LogP contribution in [0.15, 0.2) is 12.3 Å². The van der Waals surface area contributed by atoms with E-state index in [-0.39, 0.29) is 0 Å². The van der Waals surface area contributed by atoms with E-state index in [1.807, 2.05) is 12.3 Å². The molecule has 3 nitrogen and oxygen atoms in total. The molecule has 5 heteroatoms. The van der Waals surface area contributed by atoms with Crippen molar-refractivity contribution in [2.75, 3.05) is 24.5 Å². The lowest BCUT2D eigenvalue weighted by molar-refractivity contribution is 0.578. The molecule has 2 atom stereocenters. The average molecular weight is 258 g/mol. The molecule has 2 aliphatic heterocycles. The van der Waals surface area contributed by atoms with Gasteiger partial charge in [-0.3, -0.25) is 0 Å². The number of nitrogens with one attached hydrogen (secondary N) is 1. The van der Waals surface area contributed by atoms with E-state index in [1.165, 1.54) is 6.42 Å². The molecule has 0 aliphatic carbocycles. The van der Waals surface area contributed by atoms with Gasteiger partial charge >= 0.3 is 0 Å². The van der Waals surface area contributed by atoms with Crippen molar-refractivity contribution >= 4 is 28.9 Å². The van der Waals surface area contributed by atoms with Crippen LogP contribution in [0.1, 0.15) is 6.42 Å². The molecule has 3 rings (SSSR count). The van der Waals surface area contributed by atoms with Crippen LogP contribution in [0.3, 0.4) is 0 Å². The van der Waals surface area contributed by atoms with Gasteiger partial charge in [0.05, 0.1) is 16.9 Å². The Morgan fingerprint density at radius 1 is 1.38 bits per heavy atom.